The predicted molar refractivity (Wildman–Crippen MR) is 231 cm³/mol. The number of nitrogens with one attached hydrogen (secondary N) is 3. The zero-order chi connectivity index (χ0) is 49.2. The van der Waals surface area contributed by atoms with Crippen molar-refractivity contribution in [3.05, 3.63) is 33.8 Å². The Morgan fingerprint density at radius 2 is 1.59 bits per heavy atom. The molecule has 1 aromatic carbocycles. The first-order chi connectivity index (χ1) is 30.7. The maximum absolute atomic E-state index is 14.9. The van der Waals surface area contributed by atoms with Crippen molar-refractivity contribution in [2.24, 2.45) is 17.3 Å². The molecule has 3 N–H and O–H groups in total. The van der Waals surface area contributed by atoms with Gasteiger partial charge in [0, 0.05) is 63.4 Å². The topological polar surface area (TPSA) is 169 Å². The minimum absolute atomic E-state index is 0.00227. The number of hydrogen-bond donors (Lipinski definition) is 3. The Morgan fingerprint density at radius 1 is 0.955 bits per heavy atom. The molecule has 0 radical (unpaired) electrons. The van der Waals surface area contributed by atoms with Crippen LogP contribution in [0.4, 0.5) is 26.3 Å². The van der Waals surface area contributed by atoms with E-state index in [1.807, 2.05) is 13.8 Å². The lowest BCUT2D eigenvalue weighted by molar-refractivity contribution is -0.299. The average molecular weight is 983 g/mol. The summed E-state index contributed by atoms with van der Waals surface area (Å²) in [6, 6.07) is -3.34. The van der Waals surface area contributed by atoms with Gasteiger partial charge in [-0.1, -0.05) is 44.0 Å². The highest BCUT2D eigenvalue weighted by Gasteiger charge is 2.75. The van der Waals surface area contributed by atoms with Gasteiger partial charge in [-0.15, -0.1) is 0 Å². The number of likely N-dealkylation sites (N-methyl/N-ethyl adjacent to an activating group) is 3. The number of likely N-dealkylation sites (tertiary alicyclic amines) is 1. The first-order valence-electron chi connectivity index (χ1n) is 22.2. The van der Waals surface area contributed by atoms with Crippen LogP contribution in [-0.2, 0) is 40.0 Å². The molecule has 4 fully saturated rings. The molecule has 7 atom stereocenters. The number of hydrogen-bond acceptors (Lipinski definition) is 7. The van der Waals surface area contributed by atoms with Crippen LogP contribution in [0.15, 0.2) is 18.2 Å². The second-order valence-electron chi connectivity index (χ2n) is 18.7. The van der Waals surface area contributed by atoms with E-state index in [1.54, 1.807) is 32.2 Å². The monoisotopic (exact) mass is 981 g/mol. The Hall–Kier alpha value is -4.33. The molecular weight excluding hydrogens is 923 g/mol. The van der Waals surface area contributed by atoms with Crippen LogP contribution >= 0.6 is 23.2 Å². The molecule has 0 bridgehead atoms. The van der Waals surface area contributed by atoms with Gasteiger partial charge in [0.05, 0.1) is 6.54 Å². The van der Waals surface area contributed by atoms with Crippen LogP contribution in [0.5, 0.6) is 0 Å². The van der Waals surface area contributed by atoms with Gasteiger partial charge in [-0.2, -0.15) is 13.2 Å². The van der Waals surface area contributed by atoms with Crippen LogP contribution in [0.25, 0.3) is 0 Å². The Kier molecular flexibility index (Phi) is 16.7. The van der Waals surface area contributed by atoms with Gasteiger partial charge in [0.15, 0.2) is 5.41 Å². The molecule has 368 valence electrons. The Labute approximate surface area is 390 Å². The van der Waals surface area contributed by atoms with E-state index in [0.29, 0.717) is 34.7 Å². The van der Waals surface area contributed by atoms with Crippen molar-refractivity contribution >= 4 is 64.6 Å². The van der Waals surface area contributed by atoms with Gasteiger partial charge < -0.3 is 35.6 Å². The molecule has 2 aliphatic carbocycles. The standard InChI is InChI=1S/C44H59Cl2F6N7O7/c1-7-29-38(63)56(4)15-9-8-10-31(35(60)54-30(16-23(2)3)39(64)58(6)32(36(61)53-29)18-25-17-26(45)13-14-28(25)46)57(5)40(65)34(24-11-12-24)55-37(62)33-19-27(47)20-59(33)41(66)42(44(50,51)52)21-43(48,49)22-42/h13-14,17,23-24,27,29-34H,7-12,15-16,18-22H2,1-6H3,(H,53,61)(H,54,60)(H,55,62)/t27-,29-,30+,31+,32+,33+,34+/m1/s1. The highest BCUT2D eigenvalue weighted by Crippen LogP contribution is 2.61. The summed E-state index contributed by atoms with van der Waals surface area (Å²) in [6.07, 6.45) is -10.2. The molecule has 2 saturated heterocycles. The lowest BCUT2D eigenvalue weighted by atomic mass is 9.64. The van der Waals surface area contributed by atoms with E-state index >= 15 is 0 Å². The van der Waals surface area contributed by atoms with Gasteiger partial charge in [0.1, 0.15) is 42.4 Å². The number of nitrogens with zero attached hydrogens (tertiary/aromatic N) is 4. The molecule has 2 heterocycles. The molecule has 66 heavy (non-hydrogen) atoms. The highest BCUT2D eigenvalue weighted by molar-refractivity contribution is 6.33. The third-order valence-corrected chi connectivity index (χ3v) is 13.7. The fourth-order valence-corrected chi connectivity index (χ4v) is 9.50. The van der Waals surface area contributed by atoms with E-state index in [4.69, 9.17) is 23.2 Å². The molecule has 2 aliphatic heterocycles. The first-order valence-corrected chi connectivity index (χ1v) is 23.0. The van der Waals surface area contributed by atoms with Crippen LogP contribution in [0.1, 0.15) is 90.5 Å². The highest BCUT2D eigenvalue weighted by atomic mass is 35.5. The quantitative estimate of drug-likeness (QED) is 0.261. The minimum Gasteiger partial charge on any atom is -0.344 e. The van der Waals surface area contributed by atoms with E-state index in [9.17, 15) is 59.9 Å². The van der Waals surface area contributed by atoms with Crippen molar-refractivity contribution in [3.63, 3.8) is 0 Å². The van der Waals surface area contributed by atoms with Crippen LogP contribution in [0, 0.1) is 17.3 Å². The summed E-state index contributed by atoms with van der Waals surface area (Å²) in [6.45, 7) is 4.58. The summed E-state index contributed by atoms with van der Waals surface area (Å²) in [5.41, 5.74) is -3.08. The maximum Gasteiger partial charge on any atom is 0.403 e. The third-order valence-electron chi connectivity index (χ3n) is 13.1. The van der Waals surface area contributed by atoms with E-state index in [-0.39, 0.29) is 49.6 Å². The van der Waals surface area contributed by atoms with Crippen molar-refractivity contribution in [2.75, 3.05) is 34.2 Å². The molecule has 2 saturated carbocycles. The smallest absolute Gasteiger partial charge is 0.344 e. The number of halogens is 8. The predicted octanol–water partition coefficient (Wildman–Crippen LogP) is 5.07. The molecule has 5 rings (SSSR count). The lowest BCUT2D eigenvalue weighted by Gasteiger charge is -2.48. The number of benzene rings is 1. The van der Waals surface area contributed by atoms with E-state index < -0.39 is 133 Å². The summed E-state index contributed by atoms with van der Waals surface area (Å²) < 4.78 is 85.2. The normalized spacial score (nSPS) is 27.2. The number of carbonyl (C=O) groups is 7. The molecule has 0 spiro atoms. The largest absolute Gasteiger partial charge is 0.403 e. The second-order valence-corrected chi connectivity index (χ2v) is 19.5. The van der Waals surface area contributed by atoms with Crippen molar-refractivity contribution in [3.8, 4) is 0 Å². The van der Waals surface area contributed by atoms with Crippen LogP contribution < -0.4 is 16.0 Å². The molecular formula is C44H59Cl2F6N7O7. The van der Waals surface area contributed by atoms with Crippen molar-refractivity contribution in [1.82, 2.24) is 35.6 Å². The molecule has 0 aromatic heterocycles. The Morgan fingerprint density at radius 3 is 2.17 bits per heavy atom. The van der Waals surface area contributed by atoms with Crippen LogP contribution in [-0.4, -0.2) is 150 Å². The lowest BCUT2D eigenvalue weighted by Crippen LogP contribution is -2.65. The summed E-state index contributed by atoms with van der Waals surface area (Å²) in [4.78, 5) is 103. The summed E-state index contributed by atoms with van der Waals surface area (Å²) >= 11 is 12.8. The van der Waals surface area contributed by atoms with Gasteiger partial charge in [0.2, 0.25) is 41.4 Å². The zero-order valence-electron chi connectivity index (χ0n) is 37.8. The molecule has 0 unspecified atom stereocenters. The van der Waals surface area contributed by atoms with Crippen LogP contribution in [0.3, 0.4) is 0 Å². The van der Waals surface area contributed by atoms with Gasteiger partial charge in [-0.05, 0) is 80.5 Å². The Balaban J connectivity index is 1.43. The fraction of sp³-hybridized carbons (Fsp3) is 0.705. The minimum atomic E-state index is -5.42. The summed E-state index contributed by atoms with van der Waals surface area (Å²) in [7, 11) is 4.24. The van der Waals surface area contributed by atoms with Crippen LogP contribution in [0.2, 0.25) is 10.0 Å². The number of amides is 7. The van der Waals surface area contributed by atoms with E-state index in [1.165, 1.54) is 23.9 Å². The van der Waals surface area contributed by atoms with Gasteiger partial charge in [0.25, 0.3) is 5.92 Å². The average Bonchev–Trinajstić information content (AvgIpc) is 4.00. The summed E-state index contributed by atoms with van der Waals surface area (Å²) in [5, 5.41) is 8.68. The third kappa shape index (κ3) is 11.8. The fourth-order valence-electron chi connectivity index (χ4n) is 9.11. The van der Waals surface area contributed by atoms with E-state index in [2.05, 4.69) is 16.0 Å². The van der Waals surface area contributed by atoms with Crippen molar-refractivity contribution in [1.29, 1.82) is 0 Å². The number of alkyl halides is 6. The van der Waals surface area contributed by atoms with Gasteiger partial charge in [-0.3, -0.25) is 33.6 Å². The second kappa shape index (κ2) is 20.9. The first kappa shape index (κ1) is 52.6. The summed E-state index contributed by atoms with van der Waals surface area (Å²) in [5.74, 6) is -10.8. The molecule has 1 aromatic rings. The van der Waals surface area contributed by atoms with Crippen molar-refractivity contribution < 1.29 is 59.9 Å². The maximum atomic E-state index is 14.9. The SMILES string of the molecule is CC[C@H]1NC(=O)[C@H](Cc2cc(Cl)ccc2Cl)N(C)C(=O)[C@H](CC(C)C)NC(=O)[C@@H](N(C)C(=O)[C@@H](NC(=O)[C@@H]2C[C@@H](F)CN2C(=O)C2(C(F)(F)F)CC(F)(F)C2)C2CC2)CCCCN(C)C1=O. The molecule has 14 nitrogen and oxygen atoms in total. The van der Waals surface area contributed by atoms with E-state index in [0.717, 1.165) is 4.90 Å². The number of carbonyl (C=O) groups excluding carboxylic acids is 7. The molecule has 22 heteroatoms. The molecule has 7 amide bonds. The van der Waals surface area contributed by atoms with Gasteiger partial charge in [-0.25, -0.2) is 13.2 Å². The molecule has 4 aliphatic rings. The van der Waals surface area contributed by atoms with Crippen molar-refractivity contribution in [2.45, 2.75) is 146 Å². The Bertz CT molecular complexity index is 2020. The zero-order valence-corrected chi connectivity index (χ0v) is 39.3. The number of rotatable bonds is 11. The van der Waals surface area contributed by atoms with Gasteiger partial charge >= 0.3 is 6.18 Å².